The predicted octanol–water partition coefficient (Wildman–Crippen LogP) is 3.57. The van der Waals surface area contributed by atoms with Gasteiger partial charge in [0.15, 0.2) is 17.5 Å². The van der Waals surface area contributed by atoms with Gasteiger partial charge in [-0.2, -0.15) is 10.2 Å². The molecule has 0 unspecified atom stereocenters. The van der Waals surface area contributed by atoms with Crippen molar-refractivity contribution in [1.82, 2.24) is 29.9 Å². The number of hydrogen-bond acceptors (Lipinski definition) is 5. The van der Waals surface area contributed by atoms with Crippen molar-refractivity contribution in [3.8, 4) is 22.6 Å². The summed E-state index contributed by atoms with van der Waals surface area (Å²) in [6.07, 6.45) is 5.37. The average molecular weight is 473 g/mol. The third-order valence-electron chi connectivity index (χ3n) is 5.00. The number of hydrogen-bond donors (Lipinski definition) is 3. The van der Waals surface area contributed by atoms with Crippen LogP contribution in [0.2, 0.25) is 0 Å². The average Bonchev–Trinajstić information content (AvgIpc) is 3.52. The summed E-state index contributed by atoms with van der Waals surface area (Å²) in [5, 5.41) is 10.7. The van der Waals surface area contributed by atoms with Gasteiger partial charge in [-0.25, -0.2) is 26.6 Å². The fourth-order valence-corrected chi connectivity index (χ4v) is 4.48. The van der Waals surface area contributed by atoms with Gasteiger partial charge in [0.25, 0.3) is 10.0 Å². The van der Waals surface area contributed by atoms with Crippen LogP contribution in [0.3, 0.4) is 0 Å². The first-order valence-electron chi connectivity index (χ1n) is 9.42. The highest BCUT2D eigenvalue weighted by atomic mass is 32.2. The van der Waals surface area contributed by atoms with Gasteiger partial charge < -0.3 is 4.98 Å². The molecule has 168 valence electrons. The van der Waals surface area contributed by atoms with Crippen molar-refractivity contribution >= 4 is 26.6 Å². The molecule has 3 aromatic heterocycles. The van der Waals surface area contributed by atoms with Gasteiger partial charge in [0.1, 0.15) is 21.9 Å². The molecule has 9 nitrogen and oxygen atoms in total. The van der Waals surface area contributed by atoms with Crippen LogP contribution in [0.4, 0.5) is 18.9 Å². The summed E-state index contributed by atoms with van der Waals surface area (Å²) in [4.78, 5) is 6.70. The van der Waals surface area contributed by atoms with Crippen LogP contribution in [0, 0.1) is 17.5 Å². The molecule has 2 aromatic carbocycles. The van der Waals surface area contributed by atoms with Crippen molar-refractivity contribution in [2.24, 2.45) is 7.05 Å². The fourth-order valence-electron chi connectivity index (χ4n) is 3.44. The van der Waals surface area contributed by atoms with E-state index in [4.69, 9.17) is 0 Å². The molecular formula is C20H14F3N7O2S. The third-order valence-corrected chi connectivity index (χ3v) is 6.32. The Morgan fingerprint density at radius 3 is 2.61 bits per heavy atom. The minimum Gasteiger partial charge on any atom is -0.343 e. The maximum absolute atomic E-state index is 15.3. The van der Waals surface area contributed by atoms with E-state index in [0.717, 1.165) is 18.3 Å². The van der Waals surface area contributed by atoms with Crippen LogP contribution >= 0.6 is 0 Å². The van der Waals surface area contributed by atoms with E-state index in [-0.39, 0.29) is 10.4 Å². The molecule has 13 heteroatoms. The molecule has 0 spiro atoms. The van der Waals surface area contributed by atoms with E-state index in [1.54, 1.807) is 6.20 Å². The number of benzene rings is 2. The summed E-state index contributed by atoms with van der Waals surface area (Å²) in [5.41, 5.74) is -1.43. The van der Waals surface area contributed by atoms with Crippen molar-refractivity contribution in [3.63, 3.8) is 0 Å². The molecule has 0 aliphatic rings. The number of sulfonamides is 1. The van der Waals surface area contributed by atoms with Crippen molar-refractivity contribution in [1.29, 1.82) is 0 Å². The van der Waals surface area contributed by atoms with E-state index in [1.807, 2.05) is 0 Å². The minimum absolute atomic E-state index is 0.0842. The van der Waals surface area contributed by atoms with Gasteiger partial charge in [0.2, 0.25) is 0 Å². The molecule has 5 rings (SSSR count). The number of nitrogens with zero attached hydrogens (tertiary/aromatic N) is 4. The first-order valence-corrected chi connectivity index (χ1v) is 10.9. The molecule has 0 radical (unpaired) electrons. The molecule has 0 amide bonds. The maximum atomic E-state index is 15.3. The quantitative estimate of drug-likeness (QED) is 0.360. The van der Waals surface area contributed by atoms with Crippen LogP contribution < -0.4 is 4.72 Å². The lowest BCUT2D eigenvalue weighted by atomic mass is 10.0. The zero-order valence-corrected chi connectivity index (χ0v) is 17.6. The number of rotatable bonds is 5. The van der Waals surface area contributed by atoms with E-state index in [0.29, 0.717) is 16.9 Å². The zero-order chi connectivity index (χ0) is 23.3. The van der Waals surface area contributed by atoms with Gasteiger partial charge in [-0.3, -0.25) is 14.5 Å². The second kappa shape index (κ2) is 7.48. The minimum atomic E-state index is -4.21. The lowest BCUT2D eigenvalue weighted by molar-refractivity contribution is 0.583. The number of halogens is 3. The number of imidazole rings is 1. The summed E-state index contributed by atoms with van der Waals surface area (Å²) in [6, 6.07) is 4.41. The highest BCUT2D eigenvalue weighted by Gasteiger charge is 2.25. The lowest BCUT2D eigenvalue weighted by Crippen LogP contribution is -2.14. The van der Waals surface area contributed by atoms with Crippen molar-refractivity contribution in [2.45, 2.75) is 4.90 Å². The van der Waals surface area contributed by atoms with Crippen molar-refractivity contribution < 1.29 is 21.6 Å². The van der Waals surface area contributed by atoms with Gasteiger partial charge >= 0.3 is 0 Å². The molecule has 33 heavy (non-hydrogen) atoms. The number of aromatic nitrogens is 6. The monoisotopic (exact) mass is 473 g/mol. The van der Waals surface area contributed by atoms with E-state index in [1.165, 1.54) is 36.3 Å². The van der Waals surface area contributed by atoms with E-state index in [9.17, 15) is 12.8 Å². The SMILES string of the molecule is Cn1cc(S(=O)(=O)Nc2ccc(F)c(-c3ccc4c(-c5ncc[nH]5)n[nH]c4c3F)c2F)cn1. The molecule has 0 saturated carbocycles. The van der Waals surface area contributed by atoms with Gasteiger partial charge in [0.05, 0.1) is 17.4 Å². The van der Waals surface area contributed by atoms with E-state index in [2.05, 4.69) is 30.0 Å². The topological polar surface area (TPSA) is 121 Å². The second-order valence-corrected chi connectivity index (χ2v) is 8.78. The Morgan fingerprint density at radius 1 is 1.09 bits per heavy atom. The fraction of sp³-hybridized carbons (Fsp3) is 0.0500. The summed E-state index contributed by atoms with van der Waals surface area (Å²) >= 11 is 0. The van der Waals surface area contributed by atoms with Crippen LogP contribution in [0.15, 0.2) is 53.9 Å². The predicted molar refractivity (Wildman–Crippen MR) is 113 cm³/mol. The van der Waals surface area contributed by atoms with Gasteiger partial charge in [-0.1, -0.05) is 6.07 Å². The van der Waals surface area contributed by atoms with E-state index >= 15 is 8.78 Å². The molecule has 3 N–H and O–H groups in total. The second-order valence-electron chi connectivity index (χ2n) is 7.10. The van der Waals surface area contributed by atoms with Gasteiger partial charge in [-0.15, -0.1) is 0 Å². The highest BCUT2D eigenvalue weighted by Crippen LogP contribution is 2.36. The Hall–Kier alpha value is -4.13. The molecule has 0 aliphatic carbocycles. The standard InChI is InChI=1S/C20H14F3N7O2S/c1-30-9-10(8-26-30)33(31,32)29-14-5-4-13(21)15(17(14)23)11-2-3-12-18(16(11)22)27-28-19(12)20-24-6-7-25-20/h2-9,29H,1H3,(H,24,25)(H,27,28). The van der Waals surface area contributed by atoms with Crippen LogP contribution in [0.5, 0.6) is 0 Å². The highest BCUT2D eigenvalue weighted by molar-refractivity contribution is 7.92. The summed E-state index contributed by atoms with van der Waals surface area (Å²) < 4.78 is 73.6. The van der Waals surface area contributed by atoms with E-state index < -0.39 is 44.3 Å². The largest absolute Gasteiger partial charge is 0.343 e. The molecule has 0 saturated heterocycles. The molecule has 0 bridgehead atoms. The van der Waals surface area contributed by atoms with Crippen LogP contribution in [-0.4, -0.2) is 38.4 Å². The number of fused-ring (bicyclic) bond motifs is 1. The number of H-pyrrole nitrogens is 2. The Morgan fingerprint density at radius 2 is 1.91 bits per heavy atom. The molecule has 0 atom stereocenters. The summed E-state index contributed by atoms with van der Waals surface area (Å²) in [6.45, 7) is 0. The molecule has 0 aliphatic heterocycles. The number of aromatic amines is 2. The van der Waals surface area contributed by atoms with Crippen LogP contribution in [0.1, 0.15) is 0 Å². The molecule has 0 fully saturated rings. The van der Waals surface area contributed by atoms with Gasteiger partial charge in [0, 0.05) is 36.6 Å². The number of nitrogens with one attached hydrogen (secondary N) is 3. The smallest absolute Gasteiger partial charge is 0.265 e. The first-order chi connectivity index (χ1) is 15.8. The van der Waals surface area contributed by atoms with Crippen LogP contribution in [0.25, 0.3) is 33.5 Å². The van der Waals surface area contributed by atoms with Gasteiger partial charge in [-0.05, 0) is 18.2 Å². The Kier molecular flexibility index (Phi) is 4.70. The maximum Gasteiger partial charge on any atom is 0.265 e. The molecule has 5 aromatic rings. The molecule has 3 heterocycles. The van der Waals surface area contributed by atoms with Crippen LogP contribution in [-0.2, 0) is 17.1 Å². The summed E-state index contributed by atoms with van der Waals surface area (Å²) in [5.74, 6) is -2.91. The summed E-state index contributed by atoms with van der Waals surface area (Å²) in [7, 11) is -2.69. The Labute approximate surface area is 184 Å². The van der Waals surface area contributed by atoms with Crippen molar-refractivity contribution in [3.05, 3.63) is 66.5 Å². The Bertz CT molecular complexity index is 1610. The zero-order valence-electron chi connectivity index (χ0n) is 16.8. The lowest BCUT2D eigenvalue weighted by Gasteiger charge is -2.12. The molecular weight excluding hydrogens is 459 g/mol. The normalized spacial score (nSPS) is 11.9. The van der Waals surface area contributed by atoms with Crippen molar-refractivity contribution in [2.75, 3.05) is 4.72 Å². The first kappa shape index (κ1) is 20.8. The third kappa shape index (κ3) is 3.42. The number of aryl methyl sites for hydroxylation is 1. The Balaban J connectivity index is 1.61. The number of anilines is 1.